The summed E-state index contributed by atoms with van der Waals surface area (Å²) in [5, 5.41) is 8.44. The molecule has 1 aromatic carbocycles. The smallest absolute Gasteiger partial charge is 0.408 e. The lowest BCUT2D eigenvalue weighted by Crippen LogP contribution is -2.56. The topological polar surface area (TPSA) is 167 Å². The lowest BCUT2D eigenvalue weighted by atomic mass is 10.0. The van der Waals surface area contributed by atoms with Crippen molar-refractivity contribution in [2.75, 3.05) is 44.6 Å². The molecule has 3 aliphatic heterocycles. The fourth-order valence-electron chi connectivity index (χ4n) is 7.61. The number of nitrogens with zero attached hydrogens (tertiary/aromatic N) is 5. The maximum absolute atomic E-state index is 13.3. The van der Waals surface area contributed by atoms with Gasteiger partial charge in [0, 0.05) is 69.9 Å². The van der Waals surface area contributed by atoms with E-state index in [-0.39, 0.29) is 41.7 Å². The van der Waals surface area contributed by atoms with Gasteiger partial charge >= 0.3 is 23.9 Å². The molecule has 1 saturated carbocycles. The number of benzene rings is 1. The molecule has 2 aromatic rings. The van der Waals surface area contributed by atoms with Crippen LogP contribution in [0.15, 0.2) is 41.3 Å². The van der Waals surface area contributed by atoms with Gasteiger partial charge in [-0.05, 0) is 91.0 Å². The molecule has 1 aromatic heterocycles. The largest absolute Gasteiger partial charge is 0.444 e. The van der Waals surface area contributed by atoms with Gasteiger partial charge in [0.1, 0.15) is 22.6 Å². The van der Waals surface area contributed by atoms with Gasteiger partial charge in [-0.15, -0.1) is 0 Å². The predicted molar refractivity (Wildman–Crippen MR) is 193 cm³/mol. The highest BCUT2D eigenvalue weighted by atomic mass is 16.6. The Hall–Kier alpha value is -4.66. The number of nitrogens with one attached hydrogen (secondary N) is 3. The Bertz CT molecular complexity index is 1740. The highest BCUT2D eigenvalue weighted by molar-refractivity contribution is 5.90. The van der Waals surface area contributed by atoms with E-state index >= 15 is 0 Å². The van der Waals surface area contributed by atoms with E-state index in [1.54, 1.807) is 56.7 Å². The second-order valence-electron chi connectivity index (χ2n) is 17.1. The summed E-state index contributed by atoms with van der Waals surface area (Å²) in [5.41, 5.74) is -1.06. The minimum absolute atomic E-state index is 0.102. The maximum Gasteiger partial charge on any atom is 0.408 e. The lowest BCUT2D eigenvalue weighted by molar-refractivity contribution is -0.136. The van der Waals surface area contributed by atoms with Crippen molar-refractivity contribution in [3.05, 3.63) is 52.6 Å². The molecule has 0 bridgehead atoms. The Balaban J connectivity index is 0.949. The van der Waals surface area contributed by atoms with Crippen LogP contribution in [0.3, 0.4) is 0 Å². The van der Waals surface area contributed by atoms with Crippen molar-refractivity contribution in [2.24, 2.45) is 23.7 Å². The number of aromatic nitrogens is 2. The molecule has 1 aliphatic carbocycles. The quantitative estimate of drug-likeness (QED) is 0.389. The first-order chi connectivity index (χ1) is 24.2. The molecule has 0 radical (unpaired) electrons. The summed E-state index contributed by atoms with van der Waals surface area (Å²) < 4.78 is 12.1. The molecule has 3 saturated heterocycles. The number of hydrogen-bond acceptors (Lipinski definition) is 9. The third-order valence-corrected chi connectivity index (χ3v) is 10.0. The Labute approximate surface area is 304 Å². The molecule has 5 amide bonds. The van der Waals surface area contributed by atoms with Crippen LogP contribution in [0.2, 0.25) is 0 Å². The van der Waals surface area contributed by atoms with Crippen LogP contribution in [-0.2, 0) is 20.8 Å². The van der Waals surface area contributed by atoms with Crippen LogP contribution in [0.4, 0.5) is 20.2 Å². The van der Waals surface area contributed by atoms with Crippen LogP contribution in [0.1, 0.15) is 61.0 Å². The molecule has 282 valence electrons. The zero-order chi connectivity index (χ0) is 37.7. The van der Waals surface area contributed by atoms with Gasteiger partial charge in [0.15, 0.2) is 0 Å². The fourth-order valence-corrected chi connectivity index (χ4v) is 7.61. The molecule has 4 heterocycles. The standard InChI is InChI=1S/C37H52N8O7/c1-35(2,3)51-33(49)40-29-26-20-42(21-27(26)29)15-22-9-11-25(12-10-22)45-14-13-28(39-32(45)48)38-31(47)44-18-23-16-43(17-24(23)19-44)30(46)37(7,8)41-34(50)52-36(4,5)6/h9-14,23-24,26-27,29H,15-21H2,1-8H3,(H,40,49)(H,41,50)(H,38,39,47,48)/t23-,24+,26-,27+,29?. The number of piperidine rings is 1. The molecule has 6 rings (SSSR count). The number of carbonyl (C=O) groups excluding carboxylic acids is 4. The van der Waals surface area contributed by atoms with E-state index in [0.29, 0.717) is 43.7 Å². The van der Waals surface area contributed by atoms with Crippen molar-refractivity contribution in [1.29, 1.82) is 0 Å². The number of fused-ring (bicyclic) bond motifs is 2. The number of alkyl carbamates (subject to hydrolysis) is 2. The number of anilines is 1. The van der Waals surface area contributed by atoms with Gasteiger partial charge in [0.2, 0.25) is 5.91 Å². The minimum atomic E-state index is -1.14. The monoisotopic (exact) mass is 720 g/mol. The number of hydrogen-bond donors (Lipinski definition) is 3. The van der Waals surface area contributed by atoms with Crippen molar-refractivity contribution >= 4 is 29.9 Å². The second-order valence-corrected chi connectivity index (χ2v) is 17.1. The van der Waals surface area contributed by atoms with Gasteiger partial charge in [-0.2, -0.15) is 4.98 Å². The van der Waals surface area contributed by atoms with Crippen molar-refractivity contribution in [3.63, 3.8) is 0 Å². The number of rotatable bonds is 7. The summed E-state index contributed by atoms with van der Waals surface area (Å²) in [6, 6.07) is 9.18. The molecule has 0 spiro atoms. The molecule has 3 N–H and O–H groups in total. The predicted octanol–water partition coefficient (Wildman–Crippen LogP) is 3.41. The lowest BCUT2D eigenvalue weighted by Gasteiger charge is -2.32. The Morgan fingerprint density at radius 2 is 1.33 bits per heavy atom. The number of ether oxygens (including phenoxy) is 2. The second kappa shape index (κ2) is 13.7. The normalized spacial score (nSPS) is 24.2. The average molecular weight is 721 g/mol. The molecule has 52 heavy (non-hydrogen) atoms. The Kier molecular flexibility index (Phi) is 9.79. The summed E-state index contributed by atoms with van der Waals surface area (Å²) in [7, 11) is 0. The fraction of sp³-hybridized carbons (Fsp3) is 0.622. The highest BCUT2D eigenvalue weighted by Gasteiger charge is 2.56. The first-order valence-corrected chi connectivity index (χ1v) is 18.0. The van der Waals surface area contributed by atoms with Gasteiger partial charge in [0.25, 0.3) is 0 Å². The van der Waals surface area contributed by atoms with Gasteiger partial charge in [-0.3, -0.25) is 19.6 Å². The van der Waals surface area contributed by atoms with Crippen molar-refractivity contribution in [2.45, 2.75) is 84.7 Å². The third kappa shape index (κ3) is 8.68. The van der Waals surface area contributed by atoms with E-state index in [1.807, 2.05) is 45.0 Å². The zero-order valence-corrected chi connectivity index (χ0v) is 31.4. The van der Waals surface area contributed by atoms with Crippen molar-refractivity contribution < 1.29 is 28.7 Å². The number of urea groups is 1. The summed E-state index contributed by atoms with van der Waals surface area (Å²) in [6.07, 6.45) is 0.591. The summed E-state index contributed by atoms with van der Waals surface area (Å²) >= 11 is 0. The summed E-state index contributed by atoms with van der Waals surface area (Å²) in [4.78, 5) is 73.7. The summed E-state index contributed by atoms with van der Waals surface area (Å²) in [5.74, 6) is 1.05. The first kappa shape index (κ1) is 37.1. The molecule has 15 heteroatoms. The van der Waals surface area contributed by atoms with Crippen molar-refractivity contribution in [1.82, 2.24) is 34.9 Å². The van der Waals surface area contributed by atoms with Crippen LogP contribution < -0.4 is 21.6 Å². The van der Waals surface area contributed by atoms with Crippen LogP contribution >= 0.6 is 0 Å². The molecule has 4 fully saturated rings. The highest BCUT2D eigenvalue weighted by Crippen LogP contribution is 2.46. The molecule has 4 aliphatic rings. The Morgan fingerprint density at radius 3 is 1.88 bits per heavy atom. The van der Waals surface area contributed by atoms with Gasteiger partial charge in [-0.1, -0.05) is 12.1 Å². The van der Waals surface area contributed by atoms with Crippen molar-refractivity contribution in [3.8, 4) is 5.69 Å². The van der Waals surface area contributed by atoms with E-state index in [2.05, 4.69) is 25.8 Å². The van der Waals surface area contributed by atoms with Gasteiger partial charge < -0.3 is 29.9 Å². The molecular weight excluding hydrogens is 668 g/mol. The maximum atomic E-state index is 13.3. The van der Waals surface area contributed by atoms with E-state index in [0.717, 1.165) is 25.2 Å². The molecule has 5 atom stereocenters. The minimum Gasteiger partial charge on any atom is -0.444 e. The third-order valence-electron chi connectivity index (χ3n) is 10.0. The van der Waals surface area contributed by atoms with Gasteiger partial charge in [-0.25, -0.2) is 19.2 Å². The van der Waals surface area contributed by atoms with Crippen LogP contribution in [-0.4, -0.2) is 110 Å². The number of amides is 5. The van der Waals surface area contributed by atoms with E-state index in [4.69, 9.17) is 9.47 Å². The van der Waals surface area contributed by atoms with E-state index < -0.39 is 28.5 Å². The van der Waals surface area contributed by atoms with E-state index in [9.17, 15) is 24.0 Å². The first-order valence-electron chi connectivity index (χ1n) is 18.0. The zero-order valence-electron chi connectivity index (χ0n) is 31.4. The molecular formula is C37H52N8O7. The van der Waals surface area contributed by atoms with Crippen LogP contribution in [0.25, 0.3) is 5.69 Å². The van der Waals surface area contributed by atoms with Gasteiger partial charge in [0.05, 0.1) is 5.69 Å². The van der Waals surface area contributed by atoms with Crippen LogP contribution in [0, 0.1) is 23.7 Å². The SMILES string of the molecule is CC(C)(C)OC(=O)NC1[C@H]2CN(Cc3ccc(-n4ccc(NC(=O)N5C[C@@H]6CN(C(=O)C(C)(C)NC(=O)OC(C)(C)C)C[C@@H]6C5)nc4=O)cc3)C[C@@H]12. The van der Waals surface area contributed by atoms with Crippen LogP contribution in [0.5, 0.6) is 0 Å². The molecule has 1 unspecified atom stereocenters. The molecule has 15 nitrogen and oxygen atoms in total. The number of likely N-dealkylation sites (tertiary alicyclic amines) is 3. The number of carbonyl (C=O) groups is 4. The average Bonchev–Trinajstić information content (AvgIpc) is 3.40. The summed E-state index contributed by atoms with van der Waals surface area (Å²) in [6.45, 7) is 18.7. The Morgan fingerprint density at radius 1 is 0.769 bits per heavy atom. The van der Waals surface area contributed by atoms with E-state index in [1.165, 1.54) is 4.57 Å².